The van der Waals surface area contributed by atoms with Crippen LogP contribution in [-0.2, 0) is 31.7 Å². The molecule has 0 aromatic heterocycles. The molecule has 0 unspecified atom stereocenters. The van der Waals surface area contributed by atoms with Crippen LogP contribution in [0, 0.1) is 11.3 Å². The predicted octanol–water partition coefficient (Wildman–Crippen LogP) is 4.32. The Labute approximate surface area is 255 Å². The zero-order valence-corrected chi connectivity index (χ0v) is 24.6. The number of nitrogens with one attached hydrogen (secondary N) is 3. The minimum Gasteiger partial charge on any atom is -0.381 e. The van der Waals surface area contributed by atoms with E-state index < -0.39 is 23.2 Å². The van der Waals surface area contributed by atoms with Crippen LogP contribution in [0.3, 0.4) is 0 Å². The zero-order chi connectivity index (χ0) is 31.2. The topological polar surface area (TPSA) is 99.8 Å². The number of carbonyl (C=O) groups is 3. The third-order valence-electron chi connectivity index (χ3n) is 8.96. The van der Waals surface area contributed by atoms with E-state index in [1.807, 2.05) is 35.2 Å². The van der Waals surface area contributed by atoms with Crippen molar-refractivity contribution < 1.29 is 32.3 Å². The molecule has 2 aromatic rings. The van der Waals surface area contributed by atoms with Crippen LogP contribution in [0.5, 0.6) is 0 Å². The number of halogens is 3. The Morgan fingerprint density at radius 1 is 1.00 bits per heavy atom. The molecule has 44 heavy (non-hydrogen) atoms. The van der Waals surface area contributed by atoms with Crippen molar-refractivity contribution in [3.8, 4) is 0 Å². The molecule has 0 bridgehead atoms. The Balaban J connectivity index is 1.28. The number of piperidine rings is 1. The van der Waals surface area contributed by atoms with E-state index in [-0.39, 0.29) is 36.2 Å². The lowest BCUT2D eigenvalue weighted by Gasteiger charge is -2.40. The molecule has 3 N–H and O–H groups in total. The van der Waals surface area contributed by atoms with Gasteiger partial charge in [-0.2, -0.15) is 13.2 Å². The van der Waals surface area contributed by atoms with Crippen molar-refractivity contribution in [3.63, 3.8) is 0 Å². The van der Waals surface area contributed by atoms with Gasteiger partial charge < -0.3 is 20.7 Å². The van der Waals surface area contributed by atoms with E-state index in [4.69, 9.17) is 4.74 Å². The first-order chi connectivity index (χ1) is 21.1. The summed E-state index contributed by atoms with van der Waals surface area (Å²) in [6.07, 6.45) is 3.06. The molecular weight excluding hydrogens is 573 g/mol. The summed E-state index contributed by atoms with van der Waals surface area (Å²) >= 11 is 0. The summed E-state index contributed by atoms with van der Waals surface area (Å²) in [5.41, 5.74) is -0.167. The fourth-order valence-electron chi connectivity index (χ4n) is 6.35. The number of hydrogen-bond donors (Lipinski definition) is 3. The second-order valence-corrected chi connectivity index (χ2v) is 12.0. The SMILES string of the molecule is O=C(CN1CC[C@H]2NC(=O)[C@@H](Cc3ccccc3)NC(=O)C3(C/C=C/C[C@H]2C1)CCOCC3)Nc1ccc(C(F)(F)F)cc1. The lowest BCUT2D eigenvalue weighted by atomic mass is 9.75. The molecule has 3 atom stereocenters. The van der Waals surface area contributed by atoms with Crippen LogP contribution in [0.15, 0.2) is 66.7 Å². The Morgan fingerprint density at radius 3 is 2.43 bits per heavy atom. The van der Waals surface area contributed by atoms with Crippen LogP contribution in [0.4, 0.5) is 18.9 Å². The lowest BCUT2D eigenvalue weighted by Crippen LogP contribution is -2.58. The number of amides is 3. The normalized spacial score (nSPS) is 25.5. The third kappa shape index (κ3) is 8.06. The largest absolute Gasteiger partial charge is 0.416 e. The third-order valence-corrected chi connectivity index (χ3v) is 8.96. The van der Waals surface area contributed by atoms with E-state index in [1.54, 1.807) is 0 Å². The zero-order valence-electron chi connectivity index (χ0n) is 24.6. The molecule has 0 saturated carbocycles. The van der Waals surface area contributed by atoms with Gasteiger partial charge in [-0.15, -0.1) is 0 Å². The van der Waals surface area contributed by atoms with Crippen LogP contribution in [0.25, 0.3) is 0 Å². The summed E-state index contributed by atoms with van der Waals surface area (Å²) in [6, 6.07) is 13.1. The minimum absolute atomic E-state index is 0.0287. The van der Waals surface area contributed by atoms with E-state index in [0.29, 0.717) is 70.5 Å². The van der Waals surface area contributed by atoms with Gasteiger partial charge in [-0.1, -0.05) is 42.5 Å². The van der Waals surface area contributed by atoms with Crippen LogP contribution in [0.2, 0.25) is 0 Å². The molecule has 0 radical (unpaired) electrons. The van der Waals surface area contributed by atoms with Gasteiger partial charge in [0.2, 0.25) is 17.7 Å². The molecule has 0 aliphatic carbocycles. The summed E-state index contributed by atoms with van der Waals surface area (Å²) in [4.78, 5) is 42.2. The standard InChI is InChI=1S/C33H39F3N4O4/c34-33(35,36)25-9-11-26(12-10-25)37-29(41)22-40-17-13-27-24(21-40)8-4-5-14-32(15-18-44-19-16-32)31(43)39-28(30(42)38-27)20-23-6-2-1-3-7-23/h1-7,9-12,24,27-28H,8,13-22H2,(H,37,41)(H,38,42)(H,39,43)/b5-4+/t24-,27+,28+/m0/s1. The van der Waals surface area contributed by atoms with Gasteiger partial charge in [0.05, 0.1) is 17.5 Å². The van der Waals surface area contributed by atoms with Crippen LogP contribution in [-0.4, -0.2) is 67.6 Å². The van der Waals surface area contributed by atoms with Crippen molar-refractivity contribution in [3.05, 3.63) is 77.9 Å². The van der Waals surface area contributed by atoms with Crippen molar-refractivity contribution in [1.82, 2.24) is 15.5 Å². The number of fused-ring (bicyclic) bond motifs is 1. The second kappa shape index (κ2) is 13.9. The average molecular weight is 613 g/mol. The number of carbonyl (C=O) groups excluding carboxylic acids is 3. The summed E-state index contributed by atoms with van der Waals surface area (Å²) in [5, 5.41) is 9.00. The smallest absolute Gasteiger partial charge is 0.381 e. The van der Waals surface area contributed by atoms with Gasteiger partial charge in [-0.25, -0.2) is 0 Å². The summed E-state index contributed by atoms with van der Waals surface area (Å²) in [6.45, 7) is 2.18. The van der Waals surface area contributed by atoms with E-state index in [0.717, 1.165) is 17.7 Å². The lowest BCUT2D eigenvalue weighted by molar-refractivity contribution is -0.140. The Kier molecular flexibility index (Phi) is 10.1. The summed E-state index contributed by atoms with van der Waals surface area (Å²) in [7, 11) is 0. The first kappa shape index (κ1) is 31.7. The van der Waals surface area contributed by atoms with Crippen LogP contribution in [0.1, 0.15) is 43.2 Å². The molecule has 3 amide bonds. The Morgan fingerprint density at radius 2 is 1.73 bits per heavy atom. The molecule has 11 heteroatoms. The highest BCUT2D eigenvalue weighted by Crippen LogP contribution is 2.36. The molecule has 3 aliphatic rings. The van der Waals surface area contributed by atoms with Crippen molar-refractivity contribution in [1.29, 1.82) is 0 Å². The maximum atomic E-state index is 13.7. The molecule has 3 heterocycles. The predicted molar refractivity (Wildman–Crippen MR) is 159 cm³/mol. The number of anilines is 1. The van der Waals surface area contributed by atoms with Crippen molar-refractivity contribution >= 4 is 23.4 Å². The fraction of sp³-hybridized carbons (Fsp3) is 0.485. The Bertz CT molecular complexity index is 1330. The fourth-order valence-corrected chi connectivity index (χ4v) is 6.35. The molecule has 2 aromatic carbocycles. The number of ether oxygens (including phenoxy) is 1. The molecule has 3 aliphatic heterocycles. The molecule has 8 nitrogen and oxygen atoms in total. The van der Waals surface area contributed by atoms with E-state index in [1.165, 1.54) is 12.1 Å². The number of alkyl halides is 3. The van der Waals surface area contributed by atoms with E-state index >= 15 is 0 Å². The number of benzene rings is 2. The molecule has 5 rings (SSSR count). The number of likely N-dealkylation sites (tertiary alicyclic amines) is 1. The summed E-state index contributed by atoms with van der Waals surface area (Å²) < 4.78 is 44.2. The maximum absolute atomic E-state index is 13.7. The monoisotopic (exact) mass is 612 g/mol. The van der Waals surface area contributed by atoms with E-state index in [9.17, 15) is 27.6 Å². The average Bonchev–Trinajstić information content (AvgIpc) is 3.00. The van der Waals surface area contributed by atoms with Crippen molar-refractivity contribution in [2.75, 3.05) is 38.2 Å². The van der Waals surface area contributed by atoms with Gasteiger partial charge in [-0.05, 0) is 67.9 Å². The number of nitrogens with zero attached hydrogens (tertiary/aromatic N) is 1. The molecule has 2 fully saturated rings. The maximum Gasteiger partial charge on any atom is 0.416 e. The van der Waals surface area contributed by atoms with E-state index in [2.05, 4.69) is 28.1 Å². The number of rotatable bonds is 5. The second-order valence-electron chi connectivity index (χ2n) is 12.0. The summed E-state index contributed by atoms with van der Waals surface area (Å²) in [5.74, 6) is -0.631. The first-order valence-electron chi connectivity index (χ1n) is 15.2. The van der Waals surface area contributed by atoms with Gasteiger partial charge >= 0.3 is 6.18 Å². The van der Waals surface area contributed by atoms with Gasteiger partial charge in [0.1, 0.15) is 6.04 Å². The van der Waals surface area contributed by atoms with Gasteiger partial charge in [0, 0.05) is 44.5 Å². The highest BCUT2D eigenvalue weighted by molar-refractivity contribution is 5.92. The highest BCUT2D eigenvalue weighted by Gasteiger charge is 2.41. The Hall–Kier alpha value is -3.70. The van der Waals surface area contributed by atoms with Crippen molar-refractivity contribution in [2.45, 2.75) is 56.8 Å². The molecular formula is C33H39F3N4O4. The number of allylic oxidation sites excluding steroid dienone is 2. The molecule has 2 saturated heterocycles. The minimum atomic E-state index is -4.44. The molecule has 1 spiro atoms. The first-order valence-corrected chi connectivity index (χ1v) is 15.2. The van der Waals surface area contributed by atoms with Gasteiger partial charge in [-0.3, -0.25) is 19.3 Å². The van der Waals surface area contributed by atoms with Gasteiger partial charge in [0.25, 0.3) is 0 Å². The highest BCUT2D eigenvalue weighted by atomic mass is 19.4. The van der Waals surface area contributed by atoms with Gasteiger partial charge in [0.15, 0.2) is 0 Å². The number of hydrogen-bond acceptors (Lipinski definition) is 5. The van der Waals surface area contributed by atoms with Crippen LogP contribution < -0.4 is 16.0 Å². The van der Waals surface area contributed by atoms with Crippen LogP contribution >= 0.6 is 0 Å². The quantitative estimate of drug-likeness (QED) is 0.437. The molecule has 236 valence electrons. The van der Waals surface area contributed by atoms with Crippen molar-refractivity contribution in [2.24, 2.45) is 11.3 Å².